The van der Waals surface area contributed by atoms with E-state index in [1.807, 2.05) is 79.7 Å². The Balaban J connectivity index is 1.38. The molecule has 1 aliphatic heterocycles. The second kappa shape index (κ2) is 12.7. The maximum atomic E-state index is 13.6. The van der Waals surface area contributed by atoms with Gasteiger partial charge in [0.25, 0.3) is 11.7 Å². The van der Waals surface area contributed by atoms with Gasteiger partial charge in [0.2, 0.25) is 0 Å². The summed E-state index contributed by atoms with van der Waals surface area (Å²) >= 11 is 0. The van der Waals surface area contributed by atoms with E-state index >= 15 is 0 Å². The number of aromatic nitrogens is 1. The van der Waals surface area contributed by atoms with Gasteiger partial charge in [-0.1, -0.05) is 66.7 Å². The van der Waals surface area contributed by atoms with Crippen molar-refractivity contribution in [1.82, 2.24) is 9.88 Å². The van der Waals surface area contributed by atoms with Crippen molar-refractivity contribution >= 4 is 17.4 Å². The maximum absolute atomic E-state index is 13.6. The highest BCUT2D eigenvalue weighted by atomic mass is 16.5. The Labute approximate surface area is 255 Å². The van der Waals surface area contributed by atoms with Crippen LogP contribution in [0.4, 0.5) is 0 Å². The molecule has 0 aliphatic carbocycles. The van der Waals surface area contributed by atoms with Crippen molar-refractivity contribution in [3.8, 4) is 17.2 Å². The Kier molecular flexibility index (Phi) is 8.19. The lowest BCUT2D eigenvalue weighted by molar-refractivity contribution is -0.140. The minimum absolute atomic E-state index is 0.00750. The van der Waals surface area contributed by atoms with Gasteiger partial charge < -0.3 is 19.5 Å². The Hall–Kier alpha value is -5.69. The van der Waals surface area contributed by atoms with Crippen LogP contribution in [0.15, 0.2) is 133 Å². The number of benzene rings is 4. The first kappa shape index (κ1) is 28.4. The molecular weight excluding hydrogens is 552 g/mol. The molecule has 4 aromatic carbocycles. The highest BCUT2D eigenvalue weighted by Gasteiger charge is 2.46. The zero-order chi connectivity index (χ0) is 30.5. The third-order valence-electron chi connectivity index (χ3n) is 7.45. The molecule has 1 N–H and O–H groups in total. The van der Waals surface area contributed by atoms with Crippen molar-refractivity contribution in [2.24, 2.45) is 0 Å². The summed E-state index contributed by atoms with van der Waals surface area (Å²) in [5, 5.41) is 11.6. The minimum Gasteiger partial charge on any atom is -0.507 e. The molecule has 1 aliphatic rings. The van der Waals surface area contributed by atoms with Crippen LogP contribution in [-0.4, -0.2) is 26.7 Å². The van der Waals surface area contributed by atoms with Crippen LogP contribution in [0.5, 0.6) is 17.2 Å². The molecular formula is C37H30N2O5. The normalized spacial score (nSPS) is 15.8. The number of hydrogen-bond acceptors (Lipinski definition) is 6. The molecule has 0 radical (unpaired) electrons. The number of nitrogens with zero attached hydrogens (tertiary/aromatic N) is 2. The molecule has 7 nitrogen and oxygen atoms in total. The fraction of sp³-hybridized carbons (Fsp3) is 0.108. The summed E-state index contributed by atoms with van der Waals surface area (Å²) in [4.78, 5) is 32.8. The summed E-state index contributed by atoms with van der Waals surface area (Å²) in [7, 11) is 0. The number of ether oxygens (including phenoxy) is 2. The van der Waals surface area contributed by atoms with Crippen LogP contribution in [-0.2, 0) is 22.7 Å². The number of aliphatic hydroxyl groups is 1. The van der Waals surface area contributed by atoms with Crippen LogP contribution in [0.2, 0.25) is 0 Å². The van der Waals surface area contributed by atoms with Gasteiger partial charge in [-0.05, 0) is 77.7 Å². The van der Waals surface area contributed by atoms with Gasteiger partial charge in [-0.25, -0.2) is 0 Å². The van der Waals surface area contributed by atoms with Crippen molar-refractivity contribution < 1.29 is 24.2 Å². The molecule has 1 atom stereocenters. The number of rotatable bonds is 9. The number of carbonyl (C=O) groups is 2. The van der Waals surface area contributed by atoms with Crippen LogP contribution in [0, 0.1) is 6.92 Å². The summed E-state index contributed by atoms with van der Waals surface area (Å²) in [6.45, 7) is 2.41. The molecule has 1 aromatic heterocycles. The second-order valence-corrected chi connectivity index (χ2v) is 10.5. The Morgan fingerprint density at radius 2 is 1.55 bits per heavy atom. The number of aliphatic hydroxyl groups excluding tert-OH is 1. The van der Waals surface area contributed by atoms with Gasteiger partial charge in [-0.2, -0.15) is 0 Å². The molecule has 0 saturated carbocycles. The molecule has 44 heavy (non-hydrogen) atoms. The van der Waals surface area contributed by atoms with Crippen LogP contribution >= 0.6 is 0 Å². The molecule has 1 amide bonds. The van der Waals surface area contributed by atoms with E-state index in [1.165, 1.54) is 4.90 Å². The maximum Gasteiger partial charge on any atom is 0.295 e. The molecule has 0 unspecified atom stereocenters. The minimum atomic E-state index is -0.858. The molecule has 0 spiro atoms. The van der Waals surface area contributed by atoms with Crippen LogP contribution in [0.3, 0.4) is 0 Å². The molecule has 1 saturated heterocycles. The summed E-state index contributed by atoms with van der Waals surface area (Å²) < 4.78 is 12.1. The Bertz CT molecular complexity index is 1820. The standard InChI is InChI=1S/C37H30N2O5/c1-25-20-29(17-18-32(25)43-24-26-10-4-2-5-11-26)35(40)33-34(39(37(42)36(33)41)23-27-12-9-19-38-22-27)28-13-8-16-31(21-28)44-30-14-6-3-7-15-30/h2-22,34,40H,23-24H2,1H3/b35-33+/t34-/m1/s1. The van der Waals surface area contributed by atoms with E-state index in [9.17, 15) is 14.7 Å². The van der Waals surface area contributed by atoms with Gasteiger partial charge in [-0.3, -0.25) is 14.6 Å². The highest BCUT2D eigenvalue weighted by molar-refractivity contribution is 6.46. The zero-order valence-corrected chi connectivity index (χ0v) is 24.1. The van der Waals surface area contributed by atoms with Crippen molar-refractivity contribution in [2.45, 2.75) is 26.1 Å². The van der Waals surface area contributed by atoms with Gasteiger partial charge in [0, 0.05) is 24.5 Å². The molecule has 2 heterocycles. The monoisotopic (exact) mass is 582 g/mol. The predicted molar refractivity (Wildman–Crippen MR) is 167 cm³/mol. The lowest BCUT2D eigenvalue weighted by Crippen LogP contribution is -2.29. The highest BCUT2D eigenvalue weighted by Crippen LogP contribution is 2.42. The number of pyridine rings is 1. The van der Waals surface area contributed by atoms with Crippen molar-refractivity contribution in [3.05, 3.63) is 161 Å². The van der Waals surface area contributed by atoms with E-state index in [4.69, 9.17) is 9.47 Å². The lowest BCUT2D eigenvalue weighted by Gasteiger charge is -2.25. The largest absolute Gasteiger partial charge is 0.507 e. The third-order valence-corrected chi connectivity index (χ3v) is 7.45. The summed E-state index contributed by atoms with van der Waals surface area (Å²) in [5.41, 5.74) is 3.62. The summed E-state index contributed by atoms with van der Waals surface area (Å²) in [6.07, 6.45) is 3.30. The van der Waals surface area contributed by atoms with E-state index in [1.54, 1.807) is 54.9 Å². The average molecular weight is 583 g/mol. The summed E-state index contributed by atoms with van der Waals surface area (Å²) in [5.74, 6) is 0.136. The molecule has 0 bridgehead atoms. The van der Waals surface area contributed by atoms with Gasteiger partial charge in [0.05, 0.1) is 11.6 Å². The lowest BCUT2D eigenvalue weighted by atomic mass is 9.94. The molecule has 6 rings (SSSR count). The predicted octanol–water partition coefficient (Wildman–Crippen LogP) is 7.38. The number of Topliss-reactive ketones (excluding diaryl/α,β-unsaturated/α-hetero) is 1. The fourth-order valence-corrected chi connectivity index (χ4v) is 5.30. The number of amides is 1. The van der Waals surface area contributed by atoms with E-state index in [0.717, 1.165) is 16.7 Å². The molecule has 5 aromatic rings. The molecule has 1 fully saturated rings. The third kappa shape index (κ3) is 6.08. The van der Waals surface area contributed by atoms with Crippen LogP contribution in [0.1, 0.15) is 33.9 Å². The average Bonchev–Trinajstić information content (AvgIpc) is 3.30. The molecule has 7 heteroatoms. The van der Waals surface area contributed by atoms with Gasteiger partial charge in [0.15, 0.2) is 0 Å². The first-order chi connectivity index (χ1) is 21.5. The molecule has 218 valence electrons. The Morgan fingerprint density at radius 1 is 0.818 bits per heavy atom. The zero-order valence-electron chi connectivity index (χ0n) is 24.1. The number of hydrogen-bond donors (Lipinski definition) is 1. The van der Waals surface area contributed by atoms with Crippen molar-refractivity contribution in [2.75, 3.05) is 0 Å². The van der Waals surface area contributed by atoms with Gasteiger partial charge in [0.1, 0.15) is 29.6 Å². The smallest absolute Gasteiger partial charge is 0.295 e. The second-order valence-electron chi connectivity index (χ2n) is 10.5. The van der Waals surface area contributed by atoms with Crippen LogP contribution in [0.25, 0.3) is 5.76 Å². The summed E-state index contributed by atoms with van der Waals surface area (Å²) in [6, 6.07) is 34.4. The number of carbonyl (C=O) groups excluding carboxylic acids is 2. The first-order valence-electron chi connectivity index (χ1n) is 14.3. The number of likely N-dealkylation sites (tertiary alicyclic amines) is 1. The van der Waals surface area contributed by atoms with Gasteiger partial charge in [-0.15, -0.1) is 0 Å². The quantitative estimate of drug-likeness (QED) is 0.111. The number of para-hydroxylation sites is 1. The van der Waals surface area contributed by atoms with E-state index in [0.29, 0.717) is 35.0 Å². The number of ketones is 1. The topological polar surface area (TPSA) is 89.0 Å². The van der Waals surface area contributed by atoms with E-state index in [2.05, 4.69) is 4.98 Å². The first-order valence-corrected chi connectivity index (χ1v) is 14.3. The fourth-order valence-electron chi connectivity index (χ4n) is 5.30. The van der Waals surface area contributed by atoms with Crippen molar-refractivity contribution in [3.63, 3.8) is 0 Å². The SMILES string of the molecule is Cc1cc(/C(O)=C2\C(=O)C(=O)N(Cc3cccnc3)[C@@H]2c2cccc(Oc3ccccc3)c2)ccc1OCc1ccccc1. The Morgan fingerprint density at radius 3 is 2.27 bits per heavy atom. The van der Waals surface area contributed by atoms with Gasteiger partial charge >= 0.3 is 0 Å². The number of aryl methyl sites for hydroxylation is 1. The van der Waals surface area contributed by atoms with Crippen LogP contribution < -0.4 is 9.47 Å². The van der Waals surface area contributed by atoms with E-state index < -0.39 is 17.7 Å². The van der Waals surface area contributed by atoms with E-state index in [-0.39, 0.29) is 17.9 Å². The van der Waals surface area contributed by atoms with Crippen molar-refractivity contribution in [1.29, 1.82) is 0 Å².